The maximum Gasteiger partial charge on any atom is 0.410 e. The van der Waals surface area contributed by atoms with Crippen molar-refractivity contribution in [3.63, 3.8) is 0 Å². The van der Waals surface area contributed by atoms with Crippen LogP contribution in [0.5, 0.6) is 0 Å². The first-order valence-corrected chi connectivity index (χ1v) is 14.2. The van der Waals surface area contributed by atoms with Crippen LogP contribution in [0.25, 0.3) is 17.2 Å². The van der Waals surface area contributed by atoms with Crippen LogP contribution in [0.15, 0.2) is 43.0 Å². The lowest BCUT2D eigenvalue weighted by molar-refractivity contribution is 0.0870. The van der Waals surface area contributed by atoms with E-state index in [1.54, 1.807) is 35.8 Å². The number of pyridine rings is 1. The van der Waals surface area contributed by atoms with E-state index >= 15 is 4.39 Å². The third-order valence-electron chi connectivity index (χ3n) is 7.38. The standard InChI is InChI=1S/C30H33FN8O3/c1-17(2)14-42-30(41)37-12-20-10-22(31)21(11-24(20)39-15-32-27(19-8-9-19)25(39)13-37)29(40)35-26-7-5-6-23(34-26)28-36-33-16-38(28)18(3)4/h5-7,10-11,15-19H,8-9,12-14H2,1-4H3,(H,34,35,40). The molecule has 0 spiro atoms. The zero-order valence-electron chi connectivity index (χ0n) is 24.0. The van der Waals surface area contributed by atoms with Crippen LogP contribution in [0.2, 0.25) is 0 Å². The third-order valence-corrected chi connectivity index (χ3v) is 7.38. The largest absolute Gasteiger partial charge is 0.449 e. The van der Waals surface area contributed by atoms with E-state index in [0.717, 1.165) is 24.2 Å². The number of aromatic nitrogens is 6. The number of halogens is 1. The predicted molar refractivity (Wildman–Crippen MR) is 153 cm³/mol. The van der Waals surface area contributed by atoms with Gasteiger partial charge in [-0.1, -0.05) is 19.9 Å². The molecule has 218 valence electrons. The first-order chi connectivity index (χ1) is 20.2. The van der Waals surface area contributed by atoms with Gasteiger partial charge in [-0.15, -0.1) is 10.2 Å². The van der Waals surface area contributed by atoms with Crippen molar-refractivity contribution in [2.24, 2.45) is 5.92 Å². The maximum absolute atomic E-state index is 15.5. The van der Waals surface area contributed by atoms with Crippen LogP contribution >= 0.6 is 0 Å². The fourth-order valence-corrected chi connectivity index (χ4v) is 5.10. The van der Waals surface area contributed by atoms with E-state index in [4.69, 9.17) is 4.74 Å². The van der Waals surface area contributed by atoms with E-state index in [0.29, 0.717) is 28.7 Å². The fourth-order valence-electron chi connectivity index (χ4n) is 5.10. The van der Waals surface area contributed by atoms with Crippen molar-refractivity contribution >= 4 is 17.8 Å². The molecule has 12 heteroatoms. The molecule has 0 bridgehead atoms. The molecule has 1 N–H and O–H groups in total. The van der Waals surface area contributed by atoms with Crippen LogP contribution in [0.3, 0.4) is 0 Å². The van der Waals surface area contributed by atoms with Crippen LogP contribution in [0.1, 0.15) is 79.8 Å². The van der Waals surface area contributed by atoms with E-state index in [9.17, 15) is 9.59 Å². The molecule has 3 aromatic heterocycles. The van der Waals surface area contributed by atoms with Crippen molar-refractivity contribution in [2.45, 2.75) is 65.6 Å². The molecule has 0 radical (unpaired) electrons. The number of anilines is 1. The summed E-state index contributed by atoms with van der Waals surface area (Å²) in [6, 6.07) is 8.10. The van der Waals surface area contributed by atoms with Crippen LogP contribution in [0.4, 0.5) is 15.0 Å². The Balaban J connectivity index is 1.32. The van der Waals surface area contributed by atoms with Crippen molar-refractivity contribution in [1.82, 2.24) is 34.2 Å². The van der Waals surface area contributed by atoms with E-state index < -0.39 is 17.8 Å². The van der Waals surface area contributed by atoms with Crippen molar-refractivity contribution in [2.75, 3.05) is 11.9 Å². The Bertz CT molecular complexity index is 1660. The molecule has 1 aromatic carbocycles. The predicted octanol–water partition coefficient (Wildman–Crippen LogP) is 5.48. The highest BCUT2D eigenvalue weighted by atomic mass is 19.1. The second kappa shape index (κ2) is 11.0. The quantitative estimate of drug-likeness (QED) is 0.311. The molecule has 4 heterocycles. The zero-order valence-corrected chi connectivity index (χ0v) is 24.0. The molecule has 2 amide bonds. The smallest absolute Gasteiger partial charge is 0.410 e. The lowest BCUT2D eigenvalue weighted by atomic mass is 10.1. The van der Waals surface area contributed by atoms with Crippen molar-refractivity contribution in [1.29, 1.82) is 0 Å². The van der Waals surface area contributed by atoms with Gasteiger partial charge in [0.15, 0.2) is 5.82 Å². The van der Waals surface area contributed by atoms with E-state index in [1.807, 2.05) is 36.8 Å². The average molecular weight is 573 g/mol. The number of nitrogens with zero attached hydrogens (tertiary/aromatic N) is 7. The number of ether oxygens (including phenoxy) is 1. The Labute approximate surface area is 242 Å². The Morgan fingerprint density at radius 2 is 1.93 bits per heavy atom. The molecule has 6 rings (SSSR count). The van der Waals surface area contributed by atoms with Gasteiger partial charge in [0.25, 0.3) is 5.91 Å². The van der Waals surface area contributed by atoms with Gasteiger partial charge in [-0.05, 0) is 62.4 Å². The summed E-state index contributed by atoms with van der Waals surface area (Å²) >= 11 is 0. The molecule has 42 heavy (non-hydrogen) atoms. The summed E-state index contributed by atoms with van der Waals surface area (Å²) in [5, 5.41) is 10.9. The normalized spacial score (nSPS) is 14.5. The Hall–Kier alpha value is -4.61. The highest BCUT2D eigenvalue weighted by Crippen LogP contribution is 2.42. The summed E-state index contributed by atoms with van der Waals surface area (Å²) < 4.78 is 24.8. The number of benzene rings is 1. The number of nitrogens with one attached hydrogen (secondary N) is 1. The Kier molecular flexibility index (Phi) is 7.21. The zero-order chi connectivity index (χ0) is 29.5. The van der Waals surface area contributed by atoms with Gasteiger partial charge in [0.2, 0.25) is 0 Å². The van der Waals surface area contributed by atoms with Gasteiger partial charge in [0.05, 0.1) is 48.7 Å². The highest BCUT2D eigenvalue weighted by molar-refractivity contribution is 6.04. The minimum atomic E-state index is -0.705. The van der Waals surface area contributed by atoms with Crippen molar-refractivity contribution in [3.05, 3.63) is 71.3 Å². The molecule has 1 aliphatic carbocycles. The number of hydrogen-bond donors (Lipinski definition) is 1. The molecule has 1 saturated carbocycles. The number of rotatable bonds is 7. The second-order valence-corrected chi connectivity index (χ2v) is 11.5. The van der Waals surface area contributed by atoms with Crippen LogP contribution < -0.4 is 5.32 Å². The molecule has 0 unspecified atom stereocenters. The lowest BCUT2D eigenvalue weighted by Crippen LogP contribution is -2.31. The van der Waals surface area contributed by atoms with Crippen LogP contribution in [0, 0.1) is 11.7 Å². The van der Waals surface area contributed by atoms with Crippen LogP contribution in [-0.4, -0.2) is 52.8 Å². The first-order valence-electron chi connectivity index (χ1n) is 14.2. The topological polar surface area (TPSA) is 120 Å². The molecule has 11 nitrogen and oxygen atoms in total. The van der Waals surface area contributed by atoms with Crippen LogP contribution in [-0.2, 0) is 17.8 Å². The molecule has 2 aliphatic rings. The molecule has 4 aromatic rings. The summed E-state index contributed by atoms with van der Waals surface area (Å²) in [7, 11) is 0. The SMILES string of the molecule is CC(C)COC(=O)N1Cc2cc(F)c(C(=O)Nc3cccc(-c4nncn4C(C)C)n3)cc2-n2cnc(C3CC3)c2C1. The minimum absolute atomic E-state index is 0.116. The molecular weight excluding hydrogens is 539 g/mol. The molecule has 0 saturated heterocycles. The van der Waals surface area contributed by atoms with E-state index in [1.165, 1.54) is 12.1 Å². The van der Waals surface area contributed by atoms with Gasteiger partial charge < -0.3 is 19.2 Å². The summed E-state index contributed by atoms with van der Waals surface area (Å²) in [5.41, 5.74) is 3.31. The molecule has 1 fully saturated rings. The number of amides is 2. The lowest BCUT2D eigenvalue weighted by Gasteiger charge is -2.21. The van der Waals surface area contributed by atoms with Gasteiger partial charge >= 0.3 is 6.09 Å². The van der Waals surface area contributed by atoms with E-state index in [2.05, 4.69) is 25.5 Å². The number of fused-ring (bicyclic) bond motifs is 3. The monoisotopic (exact) mass is 572 g/mol. The molecule has 1 aliphatic heterocycles. The summed E-state index contributed by atoms with van der Waals surface area (Å²) in [6.45, 7) is 8.65. The second-order valence-electron chi connectivity index (χ2n) is 11.5. The Morgan fingerprint density at radius 1 is 1.12 bits per heavy atom. The fraction of sp³-hybridized carbons (Fsp3) is 0.400. The first kappa shape index (κ1) is 27.6. The van der Waals surface area contributed by atoms with Gasteiger partial charge in [-0.2, -0.15) is 0 Å². The minimum Gasteiger partial charge on any atom is -0.449 e. The van der Waals surface area contributed by atoms with Gasteiger partial charge in [0.1, 0.15) is 23.7 Å². The summed E-state index contributed by atoms with van der Waals surface area (Å²) in [5.74, 6) is -0.0193. The number of carbonyl (C=O) groups excluding carboxylic acids is 2. The maximum atomic E-state index is 15.5. The number of imidazole rings is 1. The number of carbonyl (C=O) groups is 2. The van der Waals surface area contributed by atoms with Crippen molar-refractivity contribution in [3.8, 4) is 17.2 Å². The molecular formula is C30H33FN8O3. The summed E-state index contributed by atoms with van der Waals surface area (Å²) in [4.78, 5) is 37.2. The van der Waals surface area contributed by atoms with Gasteiger partial charge in [0, 0.05) is 12.0 Å². The summed E-state index contributed by atoms with van der Waals surface area (Å²) in [6.07, 6.45) is 4.92. The average Bonchev–Trinajstić information content (AvgIpc) is 3.56. The number of hydrogen-bond acceptors (Lipinski definition) is 7. The molecule has 0 atom stereocenters. The van der Waals surface area contributed by atoms with E-state index in [-0.39, 0.29) is 43.0 Å². The third kappa shape index (κ3) is 5.36. The highest BCUT2D eigenvalue weighted by Gasteiger charge is 2.34. The van der Waals surface area contributed by atoms with Gasteiger partial charge in [-0.3, -0.25) is 9.69 Å². The van der Waals surface area contributed by atoms with Gasteiger partial charge in [-0.25, -0.2) is 19.2 Å². The Morgan fingerprint density at radius 3 is 2.67 bits per heavy atom. The van der Waals surface area contributed by atoms with Crippen molar-refractivity contribution < 1.29 is 18.7 Å².